The number of halogens is 3. The Kier molecular flexibility index (Phi) is 7.97. The predicted octanol–water partition coefficient (Wildman–Crippen LogP) is 4.24. The maximum absolute atomic E-state index is 12.5. The summed E-state index contributed by atoms with van der Waals surface area (Å²) in [6, 6.07) is 3.46. The lowest BCUT2D eigenvalue weighted by atomic mass is 9.95. The largest absolute Gasteiger partial charge is 0.491 e. The standard InChI is InChI=1S/C15H20BrClN2O2.ClH/c1-2-21-14-12(16)6-10(17)7-13(14)19-15(20)11-5-3-4-9(11)8-18;/h6-7,9,11H,2-5,8,18H2,1H3,(H,19,20);1H/t9-,11-;/m1./s1. The zero-order chi connectivity index (χ0) is 15.4. The van der Waals surface area contributed by atoms with Crippen molar-refractivity contribution in [2.45, 2.75) is 26.2 Å². The van der Waals surface area contributed by atoms with E-state index in [9.17, 15) is 4.79 Å². The third-order valence-corrected chi connectivity index (χ3v) is 4.66. The Hall–Kier alpha value is -0.490. The lowest BCUT2D eigenvalue weighted by Crippen LogP contribution is -2.29. The third kappa shape index (κ3) is 4.51. The number of amides is 1. The first-order chi connectivity index (χ1) is 10.1. The topological polar surface area (TPSA) is 64.3 Å². The number of carbonyl (C=O) groups is 1. The molecule has 2 atom stereocenters. The lowest BCUT2D eigenvalue weighted by Gasteiger charge is -2.19. The van der Waals surface area contributed by atoms with Crippen LogP contribution in [0.1, 0.15) is 26.2 Å². The van der Waals surface area contributed by atoms with Crippen LogP contribution in [0.5, 0.6) is 5.75 Å². The molecule has 22 heavy (non-hydrogen) atoms. The smallest absolute Gasteiger partial charge is 0.227 e. The van der Waals surface area contributed by atoms with E-state index in [1.54, 1.807) is 12.1 Å². The van der Waals surface area contributed by atoms with Crippen LogP contribution in [0.15, 0.2) is 16.6 Å². The molecule has 1 saturated carbocycles. The van der Waals surface area contributed by atoms with Crippen LogP contribution in [0.3, 0.4) is 0 Å². The van der Waals surface area contributed by atoms with Crippen LogP contribution < -0.4 is 15.8 Å². The van der Waals surface area contributed by atoms with Gasteiger partial charge in [0.15, 0.2) is 5.75 Å². The van der Waals surface area contributed by atoms with Gasteiger partial charge in [-0.05, 0) is 60.3 Å². The fourth-order valence-electron chi connectivity index (χ4n) is 2.83. The van der Waals surface area contributed by atoms with Gasteiger partial charge in [0.25, 0.3) is 0 Å². The van der Waals surface area contributed by atoms with Crippen molar-refractivity contribution in [1.29, 1.82) is 0 Å². The minimum Gasteiger partial charge on any atom is -0.491 e. The van der Waals surface area contributed by atoms with Gasteiger partial charge in [-0.3, -0.25) is 4.79 Å². The lowest BCUT2D eigenvalue weighted by molar-refractivity contribution is -0.120. The van der Waals surface area contributed by atoms with Gasteiger partial charge in [-0.15, -0.1) is 12.4 Å². The summed E-state index contributed by atoms with van der Waals surface area (Å²) in [5.41, 5.74) is 6.35. The highest BCUT2D eigenvalue weighted by atomic mass is 79.9. The van der Waals surface area contributed by atoms with Crippen molar-refractivity contribution in [3.63, 3.8) is 0 Å². The number of hydrogen-bond acceptors (Lipinski definition) is 3. The summed E-state index contributed by atoms with van der Waals surface area (Å²) < 4.78 is 6.33. The fourth-order valence-corrected chi connectivity index (χ4v) is 3.76. The summed E-state index contributed by atoms with van der Waals surface area (Å²) in [4.78, 5) is 12.5. The minimum absolute atomic E-state index is 0. The number of nitrogens with two attached hydrogens (primary N) is 1. The van der Waals surface area contributed by atoms with Crippen LogP contribution in [0.4, 0.5) is 5.69 Å². The minimum atomic E-state index is -0.0257. The average Bonchev–Trinajstić information content (AvgIpc) is 2.91. The summed E-state index contributed by atoms with van der Waals surface area (Å²) >= 11 is 9.48. The van der Waals surface area contributed by atoms with Crippen molar-refractivity contribution >= 4 is 51.5 Å². The molecule has 1 aromatic carbocycles. The maximum atomic E-state index is 12.5. The molecule has 1 amide bonds. The fraction of sp³-hybridized carbons (Fsp3) is 0.533. The van der Waals surface area contributed by atoms with Gasteiger partial charge in [-0.25, -0.2) is 0 Å². The molecule has 0 spiro atoms. The monoisotopic (exact) mass is 410 g/mol. The first-order valence-corrected chi connectivity index (χ1v) is 8.36. The molecule has 0 radical (unpaired) electrons. The van der Waals surface area contributed by atoms with E-state index in [4.69, 9.17) is 22.1 Å². The number of carbonyl (C=O) groups excluding carboxylic acids is 1. The molecular formula is C15H21BrCl2N2O2. The second-order valence-corrected chi connectivity index (χ2v) is 6.51. The van der Waals surface area contributed by atoms with Crippen molar-refractivity contribution < 1.29 is 9.53 Å². The molecule has 124 valence electrons. The molecule has 0 bridgehead atoms. The van der Waals surface area contributed by atoms with E-state index in [-0.39, 0.29) is 30.2 Å². The highest BCUT2D eigenvalue weighted by Gasteiger charge is 2.32. The van der Waals surface area contributed by atoms with Crippen molar-refractivity contribution in [1.82, 2.24) is 0 Å². The van der Waals surface area contributed by atoms with Gasteiger partial charge in [0.1, 0.15) is 0 Å². The summed E-state index contributed by atoms with van der Waals surface area (Å²) in [5, 5.41) is 3.49. The molecule has 1 aliphatic carbocycles. The van der Waals surface area contributed by atoms with E-state index in [1.807, 2.05) is 6.92 Å². The zero-order valence-electron chi connectivity index (χ0n) is 12.4. The average molecular weight is 412 g/mol. The number of hydrogen-bond donors (Lipinski definition) is 2. The molecule has 1 aromatic rings. The Balaban J connectivity index is 0.00000242. The number of rotatable bonds is 5. The van der Waals surface area contributed by atoms with Gasteiger partial charge >= 0.3 is 0 Å². The van der Waals surface area contributed by atoms with Crippen molar-refractivity contribution in [2.75, 3.05) is 18.5 Å². The molecule has 0 aromatic heterocycles. The Labute approximate surface area is 150 Å². The highest BCUT2D eigenvalue weighted by Crippen LogP contribution is 2.38. The molecule has 0 aliphatic heterocycles. The predicted molar refractivity (Wildman–Crippen MR) is 96.1 cm³/mol. The van der Waals surface area contributed by atoms with Crippen molar-refractivity contribution in [2.24, 2.45) is 17.6 Å². The van der Waals surface area contributed by atoms with Crippen LogP contribution in [-0.4, -0.2) is 19.1 Å². The quantitative estimate of drug-likeness (QED) is 0.761. The van der Waals surface area contributed by atoms with Crippen molar-refractivity contribution in [3.05, 3.63) is 21.6 Å². The SMILES string of the molecule is CCOc1c(Br)cc(Cl)cc1NC(=O)[C@@H]1CCC[C@@H]1CN.Cl. The molecule has 1 aliphatic rings. The second kappa shape index (κ2) is 8.96. The highest BCUT2D eigenvalue weighted by molar-refractivity contribution is 9.10. The Morgan fingerprint density at radius 1 is 1.50 bits per heavy atom. The van der Waals surface area contributed by atoms with Gasteiger partial charge in [0.05, 0.1) is 16.8 Å². The summed E-state index contributed by atoms with van der Waals surface area (Å²) in [5.74, 6) is 0.848. The van der Waals surface area contributed by atoms with Gasteiger partial charge in [0, 0.05) is 10.9 Å². The Morgan fingerprint density at radius 3 is 2.86 bits per heavy atom. The van der Waals surface area contributed by atoms with Crippen LogP contribution >= 0.6 is 39.9 Å². The van der Waals surface area contributed by atoms with E-state index in [0.717, 1.165) is 23.7 Å². The molecule has 7 heteroatoms. The van der Waals surface area contributed by atoms with Gasteiger partial charge in [0.2, 0.25) is 5.91 Å². The molecule has 2 rings (SSSR count). The van der Waals surface area contributed by atoms with Gasteiger partial charge in [-0.2, -0.15) is 0 Å². The van der Waals surface area contributed by atoms with E-state index >= 15 is 0 Å². The van der Waals surface area contributed by atoms with Crippen LogP contribution in [-0.2, 0) is 4.79 Å². The Morgan fingerprint density at radius 2 is 2.23 bits per heavy atom. The van der Waals surface area contributed by atoms with E-state index < -0.39 is 0 Å². The van der Waals surface area contributed by atoms with E-state index in [0.29, 0.717) is 29.6 Å². The first kappa shape index (κ1) is 19.6. The molecule has 1 fully saturated rings. The van der Waals surface area contributed by atoms with E-state index in [2.05, 4.69) is 21.2 Å². The second-order valence-electron chi connectivity index (χ2n) is 5.22. The molecule has 0 unspecified atom stereocenters. The van der Waals surface area contributed by atoms with Crippen LogP contribution in [0.25, 0.3) is 0 Å². The number of ether oxygens (including phenoxy) is 1. The van der Waals surface area contributed by atoms with Crippen LogP contribution in [0, 0.1) is 11.8 Å². The molecular weight excluding hydrogens is 391 g/mol. The molecule has 0 saturated heterocycles. The number of nitrogens with one attached hydrogen (secondary N) is 1. The molecule has 3 N–H and O–H groups in total. The molecule has 0 heterocycles. The van der Waals surface area contributed by atoms with Gasteiger partial charge < -0.3 is 15.8 Å². The van der Waals surface area contributed by atoms with Crippen LogP contribution in [0.2, 0.25) is 5.02 Å². The van der Waals surface area contributed by atoms with Crippen molar-refractivity contribution in [3.8, 4) is 5.75 Å². The summed E-state index contributed by atoms with van der Waals surface area (Å²) in [7, 11) is 0. The summed E-state index contributed by atoms with van der Waals surface area (Å²) in [6.07, 6.45) is 2.96. The Bertz CT molecular complexity index is 529. The molecule has 4 nitrogen and oxygen atoms in total. The summed E-state index contributed by atoms with van der Waals surface area (Å²) in [6.45, 7) is 2.96. The zero-order valence-corrected chi connectivity index (χ0v) is 15.6. The number of anilines is 1. The van der Waals surface area contributed by atoms with E-state index in [1.165, 1.54) is 0 Å². The number of benzene rings is 1. The third-order valence-electron chi connectivity index (χ3n) is 3.85. The first-order valence-electron chi connectivity index (χ1n) is 7.19. The maximum Gasteiger partial charge on any atom is 0.227 e. The van der Waals surface area contributed by atoms with Gasteiger partial charge in [-0.1, -0.05) is 18.0 Å². The normalized spacial score (nSPS) is 20.4.